The maximum absolute atomic E-state index is 11.9. The lowest BCUT2D eigenvalue weighted by atomic mass is 10.1. The number of phenols is 1. The molecule has 0 aromatic heterocycles. The van der Waals surface area contributed by atoms with Crippen molar-refractivity contribution in [3.05, 3.63) is 52.5 Å². The van der Waals surface area contributed by atoms with Crippen molar-refractivity contribution in [2.24, 2.45) is 0 Å². The summed E-state index contributed by atoms with van der Waals surface area (Å²) < 4.78 is 10.4. The van der Waals surface area contributed by atoms with Crippen molar-refractivity contribution >= 4 is 46.5 Å². The highest BCUT2D eigenvalue weighted by molar-refractivity contribution is 6.37. The van der Waals surface area contributed by atoms with Crippen LogP contribution in [-0.2, 0) is 9.53 Å². The summed E-state index contributed by atoms with van der Waals surface area (Å²) in [5.41, 5.74) is 6.57. The first-order chi connectivity index (χ1) is 15.2. The Morgan fingerprint density at radius 3 is 2.47 bits per heavy atom. The SMILES string of the molecule is C=C(C)c1cc(Oc2c(Cl)cc(NNC(C#N)C(=O)NC(=O)OCC)cc2Cl)ccc1O. The predicted molar refractivity (Wildman–Crippen MR) is 121 cm³/mol. The van der Waals surface area contributed by atoms with Crippen LogP contribution >= 0.6 is 23.2 Å². The number of anilines is 1. The van der Waals surface area contributed by atoms with Gasteiger partial charge in [0.2, 0.25) is 0 Å². The minimum atomic E-state index is -1.41. The molecule has 1 unspecified atom stereocenters. The average Bonchev–Trinajstić information content (AvgIpc) is 2.72. The molecule has 2 amide bonds. The van der Waals surface area contributed by atoms with Gasteiger partial charge in [-0.15, -0.1) is 0 Å². The number of hydrazine groups is 1. The topological polar surface area (TPSA) is 133 Å². The van der Waals surface area contributed by atoms with Gasteiger partial charge in [0.1, 0.15) is 11.5 Å². The molecule has 1 atom stereocenters. The maximum Gasteiger partial charge on any atom is 0.413 e. The maximum atomic E-state index is 11.9. The molecule has 9 nitrogen and oxygen atoms in total. The number of amides is 2. The van der Waals surface area contributed by atoms with Crippen LogP contribution in [0.15, 0.2) is 36.9 Å². The molecule has 0 spiro atoms. The lowest BCUT2D eigenvalue weighted by Gasteiger charge is -2.16. The van der Waals surface area contributed by atoms with E-state index in [1.54, 1.807) is 32.0 Å². The molecule has 0 saturated carbocycles. The largest absolute Gasteiger partial charge is 0.507 e. The fourth-order valence-corrected chi connectivity index (χ4v) is 2.98. The van der Waals surface area contributed by atoms with Crippen molar-refractivity contribution in [2.75, 3.05) is 12.0 Å². The van der Waals surface area contributed by atoms with Crippen molar-refractivity contribution in [1.29, 1.82) is 5.26 Å². The van der Waals surface area contributed by atoms with E-state index in [9.17, 15) is 14.7 Å². The number of allylic oxidation sites excluding steroid dienone is 1. The fourth-order valence-electron chi connectivity index (χ4n) is 2.42. The van der Waals surface area contributed by atoms with Gasteiger partial charge >= 0.3 is 6.09 Å². The van der Waals surface area contributed by atoms with Gasteiger partial charge in [-0.1, -0.05) is 29.8 Å². The number of phenolic OH excluding ortho intramolecular Hbond substituents is 1. The molecule has 4 N–H and O–H groups in total. The van der Waals surface area contributed by atoms with Crippen LogP contribution in [0.3, 0.4) is 0 Å². The molecule has 2 aromatic carbocycles. The Kier molecular flexibility index (Phi) is 8.72. The minimum absolute atomic E-state index is 0.0618. The molecule has 2 aromatic rings. The Balaban J connectivity index is 2.11. The fraction of sp³-hybridized carbons (Fsp3) is 0.190. The number of nitrogens with one attached hydrogen (secondary N) is 3. The number of nitriles is 1. The molecule has 11 heteroatoms. The first-order valence-corrected chi connectivity index (χ1v) is 9.96. The van der Waals surface area contributed by atoms with Crippen LogP contribution in [0.4, 0.5) is 10.5 Å². The summed E-state index contributed by atoms with van der Waals surface area (Å²) in [5.74, 6) is -0.305. The lowest BCUT2D eigenvalue weighted by molar-refractivity contribution is -0.121. The van der Waals surface area contributed by atoms with Gasteiger partial charge in [-0.2, -0.15) is 5.26 Å². The Labute approximate surface area is 194 Å². The molecular formula is C21H20Cl2N4O5. The van der Waals surface area contributed by atoms with Crippen molar-refractivity contribution < 1.29 is 24.2 Å². The third-order valence-electron chi connectivity index (χ3n) is 3.90. The summed E-state index contributed by atoms with van der Waals surface area (Å²) in [5, 5.41) is 21.2. The number of imide groups is 1. The highest BCUT2D eigenvalue weighted by atomic mass is 35.5. The van der Waals surface area contributed by atoms with Crippen molar-refractivity contribution in [3.8, 4) is 23.3 Å². The molecule has 0 heterocycles. The van der Waals surface area contributed by atoms with Crippen LogP contribution in [0, 0.1) is 11.3 Å². The molecular weight excluding hydrogens is 459 g/mol. The summed E-state index contributed by atoms with van der Waals surface area (Å²) in [6, 6.07) is 7.79. The highest BCUT2D eigenvalue weighted by Gasteiger charge is 2.21. The zero-order valence-electron chi connectivity index (χ0n) is 17.2. The van der Waals surface area contributed by atoms with Gasteiger partial charge < -0.3 is 20.0 Å². The number of hydrogen-bond acceptors (Lipinski definition) is 8. The number of rotatable bonds is 8. The first kappa shape index (κ1) is 24.8. The zero-order chi connectivity index (χ0) is 23.8. The summed E-state index contributed by atoms with van der Waals surface area (Å²) in [6.45, 7) is 7.20. The minimum Gasteiger partial charge on any atom is -0.507 e. The van der Waals surface area contributed by atoms with Gasteiger partial charge in [0, 0.05) is 5.56 Å². The van der Waals surface area contributed by atoms with Crippen LogP contribution in [-0.4, -0.2) is 29.8 Å². The average molecular weight is 479 g/mol. The van der Waals surface area contributed by atoms with Gasteiger partial charge in [0.05, 0.1) is 28.4 Å². The lowest BCUT2D eigenvalue weighted by Crippen LogP contribution is -2.47. The van der Waals surface area contributed by atoms with E-state index in [2.05, 4.69) is 22.2 Å². The molecule has 0 fully saturated rings. The van der Waals surface area contributed by atoms with Crippen molar-refractivity contribution in [2.45, 2.75) is 19.9 Å². The molecule has 0 radical (unpaired) electrons. The van der Waals surface area contributed by atoms with Gasteiger partial charge in [0.15, 0.2) is 11.8 Å². The van der Waals surface area contributed by atoms with Crippen molar-refractivity contribution in [1.82, 2.24) is 10.7 Å². The molecule has 2 rings (SSSR count). The highest BCUT2D eigenvalue weighted by Crippen LogP contribution is 2.40. The van der Waals surface area contributed by atoms with Crippen LogP contribution in [0.2, 0.25) is 10.0 Å². The van der Waals surface area contributed by atoms with E-state index >= 15 is 0 Å². The second kappa shape index (κ2) is 11.2. The number of carbonyl (C=O) groups is 2. The van der Waals surface area contributed by atoms with Gasteiger partial charge in [-0.3, -0.25) is 10.1 Å². The van der Waals surface area contributed by atoms with Crippen LogP contribution in [0.5, 0.6) is 17.2 Å². The first-order valence-electron chi connectivity index (χ1n) is 9.20. The number of carbonyl (C=O) groups excluding carboxylic acids is 2. The Morgan fingerprint density at radius 1 is 1.25 bits per heavy atom. The molecule has 0 aliphatic carbocycles. The third kappa shape index (κ3) is 6.52. The number of halogens is 2. The Bertz CT molecular complexity index is 1060. The Morgan fingerprint density at radius 2 is 1.91 bits per heavy atom. The summed E-state index contributed by atoms with van der Waals surface area (Å²) in [6.07, 6.45) is -0.962. The van der Waals surface area contributed by atoms with E-state index in [0.717, 1.165) is 0 Å². The van der Waals surface area contributed by atoms with Gasteiger partial charge in [0.25, 0.3) is 5.91 Å². The second-order valence-electron chi connectivity index (χ2n) is 6.37. The van der Waals surface area contributed by atoms with Gasteiger partial charge in [-0.25, -0.2) is 10.2 Å². The summed E-state index contributed by atoms with van der Waals surface area (Å²) in [7, 11) is 0. The number of benzene rings is 2. The van der Waals surface area contributed by atoms with E-state index in [-0.39, 0.29) is 28.2 Å². The molecule has 0 aliphatic rings. The Hall–Kier alpha value is -3.45. The molecule has 0 bridgehead atoms. The van der Waals surface area contributed by atoms with Gasteiger partial charge in [-0.05, 0) is 49.8 Å². The van der Waals surface area contributed by atoms with E-state index in [4.69, 9.17) is 33.2 Å². The third-order valence-corrected chi connectivity index (χ3v) is 4.46. The number of nitrogens with zero attached hydrogens (tertiary/aromatic N) is 1. The predicted octanol–water partition coefficient (Wildman–Crippen LogP) is 4.61. The second-order valence-corrected chi connectivity index (χ2v) is 7.19. The zero-order valence-corrected chi connectivity index (χ0v) is 18.7. The van der Waals surface area contributed by atoms with Crippen LogP contribution in [0.1, 0.15) is 19.4 Å². The monoisotopic (exact) mass is 478 g/mol. The van der Waals surface area contributed by atoms with Crippen LogP contribution < -0.4 is 20.9 Å². The quantitative estimate of drug-likeness (QED) is 0.404. The normalized spacial score (nSPS) is 11.1. The molecule has 32 heavy (non-hydrogen) atoms. The standard InChI is InChI=1S/C21H20Cl2N4O5/c1-4-31-21(30)25-20(29)17(10-24)27-26-12-7-15(22)19(16(23)8-12)32-13-5-6-18(28)14(9-13)11(2)3/h5-9,17,26-28H,2,4H2,1,3H3,(H,25,29,30). The molecule has 168 valence electrons. The number of ether oxygens (including phenoxy) is 2. The number of hydrogen-bond donors (Lipinski definition) is 4. The summed E-state index contributed by atoms with van der Waals surface area (Å²) in [4.78, 5) is 23.3. The van der Waals surface area contributed by atoms with E-state index in [0.29, 0.717) is 22.6 Å². The van der Waals surface area contributed by atoms with Crippen molar-refractivity contribution in [3.63, 3.8) is 0 Å². The summed E-state index contributed by atoms with van der Waals surface area (Å²) >= 11 is 12.6. The number of aromatic hydroxyl groups is 1. The number of alkyl carbamates (subject to hydrolysis) is 1. The smallest absolute Gasteiger partial charge is 0.413 e. The molecule has 0 aliphatic heterocycles. The van der Waals surface area contributed by atoms with Crippen LogP contribution in [0.25, 0.3) is 5.57 Å². The van der Waals surface area contributed by atoms with E-state index in [1.165, 1.54) is 18.2 Å². The van der Waals surface area contributed by atoms with E-state index in [1.807, 2.05) is 5.32 Å². The van der Waals surface area contributed by atoms with E-state index < -0.39 is 18.0 Å². The molecule has 0 saturated heterocycles.